The lowest BCUT2D eigenvalue weighted by molar-refractivity contribution is 0.112. The third-order valence-corrected chi connectivity index (χ3v) is 4.35. The zero-order valence-corrected chi connectivity index (χ0v) is 14.6. The quantitative estimate of drug-likeness (QED) is 0.476. The molecule has 0 spiro atoms. The molecule has 0 aliphatic rings. The predicted molar refractivity (Wildman–Crippen MR) is 102 cm³/mol. The third kappa shape index (κ3) is 3.45. The second kappa shape index (κ2) is 7.07. The molecule has 1 heterocycles. The van der Waals surface area contributed by atoms with Gasteiger partial charge in [0, 0.05) is 22.3 Å². The fraction of sp³-hybridized carbons (Fsp3) is 0.0526. The Kier molecular flexibility index (Phi) is 4.88. The number of carbonyl (C=O) groups is 1. The van der Waals surface area contributed by atoms with Gasteiger partial charge in [0.05, 0.1) is 5.02 Å². The molecule has 0 aliphatic heterocycles. The summed E-state index contributed by atoms with van der Waals surface area (Å²) in [6, 6.07) is 15.2. The summed E-state index contributed by atoms with van der Waals surface area (Å²) in [5, 5.41) is 3.74. The van der Waals surface area contributed by atoms with Gasteiger partial charge in [0.1, 0.15) is 12.1 Å². The summed E-state index contributed by atoms with van der Waals surface area (Å²) >= 11 is 10.6. The van der Waals surface area contributed by atoms with Crippen molar-refractivity contribution < 1.29 is 4.79 Å². The van der Waals surface area contributed by atoms with E-state index in [0.29, 0.717) is 16.4 Å². The first-order valence-electron chi connectivity index (χ1n) is 7.35. The van der Waals surface area contributed by atoms with Gasteiger partial charge in [-0.25, -0.2) is 4.98 Å². The van der Waals surface area contributed by atoms with E-state index in [9.17, 15) is 4.79 Å². The van der Waals surface area contributed by atoms with E-state index in [-0.39, 0.29) is 0 Å². The van der Waals surface area contributed by atoms with Gasteiger partial charge < -0.3 is 5.32 Å². The average Bonchev–Trinajstić information content (AvgIpc) is 2.58. The summed E-state index contributed by atoms with van der Waals surface area (Å²) < 4.78 is 0. The van der Waals surface area contributed by atoms with Crippen LogP contribution in [0.2, 0.25) is 5.02 Å². The molecule has 0 saturated carbocycles. The van der Waals surface area contributed by atoms with Gasteiger partial charge in [0.2, 0.25) is 0 Å². The number of nitrogens with one attached hydrogen (secondary N) is 1. The van der Waals surface area contributed by atoms with E-state index in [1.54, 1.807) is 18.3 Å². The Hall–Kier alpha value is -2.30. The lowest BCUT2D eigenvalue weighted by atomic mass is 9.98. The molecule has 3 rings (SSSR count). The molecule has 24 heavy (non-hydrogen) atoms. The minimum atomic E-state index is 0.521. The van der Waals surface area contributed by atoms with E-state index in [1.807, 2.05) is 43.3 Å². The Bertz CT molecular complexity index is 912. The van der Waals surface area contributed by atoms with Crippen LogP contribution in [0, 0.1) is 6.92 Å². The highest BCUT2D eigenvalue weighted by atomic mass is 35.5. The molecule has 5 heteroatoms. The van der Waals surface area contributed by atoms with Crippen LogP contribution in [-0.2, 0) is 0 Å². The largest absolute Gasteiger partial charge is 0.339 e. The zero-order valence-electron chi connectivity index (χ0n) is 13.0. The molecular formula is C19H15ClN2OS. The molecule has 1 aromatic heterocycles. The van der Waals surface area contributed by atoms with Crippen molar-refractivity contribution in [3.63, 3.8) is 0 Å². The number of hydrogen-bond donors (Lipinski definition) is 2. The monoisotopic (exact) mass is 354 g/mol. The summed E-state index contributed by atoms with van der Waals surface area (Å²) in [6.45, 7) is 1.89. The van der Waals surface area contributed by atoms with Crippen molar-refractivity contribution in [1.82, 2.24) is 4.98 Å². The maximum Gasteiger partial charge on any atom is 0.150 e. The van der Waals surface area contributed by atoms with E-state index in [4.69, 9.17) is 11.6 Å². The Morgan fingerprint density at radius 1 is 1.12 bits per heavy atom. The minimum Gasteiger partial charge on any atom is -0.339 e. The fourth-order valence-corrected chi connectivity index (χ4v) is 2.84. The highest BCUT2D eigenvalue weighted by molar-refractivity contribution is 7.80. The van der Waals surface area contributed by atoms with Crippen molar-refractivity contribution in [1.29, 1.82) is 0 Å². The van der Waals surface area contributed by atoms with Crippen LogP contribution in [-0.4, -0.2) is 11.3 Å². The van der Waals surface area contributed by atoms with E-state index >= 15 is 0 Å². The third-order valence-electron chi connectivity index (χ3n) is 3.77. The number of rotatable bonds is 4. The van der Waals surface area contributed by atoms with Crippen molar-refractivity contribution in [2.75, 3.05) is 5.32 Å². The number of aromatic nitrogens is 1. The second-order valence-corrected chi connectivity index (χ2v) is 6.29. The Morgan fingerprint density at radius 3 is 2.67 bits per heavy atom. The van der Waals surface area contributed by atoms with Crippen LogP contribution in [0.3, 0.4) is 0 Å². The van der Waals surface area contributed by atoms with Crippen LogP contribution in [0.25, 0.3) is 11.1 Å². The summed E-state index contributed by atoms with van der Waals surface area (Å²) in [6.07, 6.45) is 2.52. The van der Waals surface area contributed by atoms with Crippen molar-refractivity contribution in [3.8, 4) is 11.1 Å². The Balaban J connectivity index is 2.10. The number of benzene rings is 2. The van der Waals surface area contributed by atoms with E-state index in [0.717, 1.165) is 33.6 Å². The van der Waals surface area contributed by atoms with Gasteiger partial charge in [-0.1, -0.05) is 23.7 Å². The Morgan fingerprint density at radius 2 is 1.96 bits per heavy atom. The maximum atomic E-state index is 11.5. The number of aldehydes is 1. The van der Waals surface area contributed by atoms with Gasteiger partial charge in [-0.3, -0.25) is 4.79 Å². The van der Waals surface area contributed by atoms with Crippen molar-refractivity contribution >= 4 is 42.0 Å². The fourth-order valence-electron chi connectivity index (χ4n) is 2.45. The van der Waals surface area contributed by atoms with E-state index in [1.165, 1.54) is 0 Å². The molecule has 0 atom stereocenters. The van der Waals surface area contributed by atoms with Crippen LogP contribution in [0.5, 0.6) is 0 Å². The molecule has 1 N–H and O–H groups in total. The standard InChI is InChI=1S/C19H15ClN2OS/c1-12-15(11-23)8-14(13-4-2-5-16(24)9-13)10-18(12)22-19-17(20)6-3-7-21-19/h2-11,24H,1H3,(H,21,22). The molecule has 0 fully saturated rings. The average molecular weight is 355 g/mol. The maximum absolute atomic E-state index is 11.5. The Labute approximate surface area is 151 Å². The first-order valence-corrected chi connectivity index (χ1v) is 8.18. The number of hydrogen-bond acceptors (Lipinski definition) is 4. The van der Waals surface area contributed by atoms with Crippen LogP contribution < -0.4 is 5.32 Å². The van der Waals surface area contributed by atoms with Crippen molar-refractivity contribution in [2.45, 2.75) is 11.8 Å². The second-order valence-electron chi connectivity index (χ2n) is 5.37. The molecule has 0 radical (unpaired) electrons. The highest BCUT2D eigenvalue weighted by Gasteiger charge is 2.11. The summed E-state index contributed by atoms with van der Waals surface area (Å²) in [7, 11) is 0. The number of anilines is 2. The summed E-state index contributed by atoms with van der Waals surface area (Å²) in [5.41, 5.74) is 4.16. The molecule has 0 bridgehead atoms. The molecule has 0 amide bonds. The number of thiol groups is 1. The van der Waals surface area contributed by atoms with E-state index in [2.05, 4.69) is 22.9 Å². The van der Waals surface area contributed by atoms with Crippen LogP contribution in [0.1, 0.15) is 15.9 Å². The van der Waals surface area contributed by atoms with Crippen LogP contribution in [0.15, 0.2) is 59.6 Å². The molecule has 0 unspecified atom stereocenters. The lowest BCUT2D eigenvalue weighted by Crippen LogP contribution is -2.00. The van der Waals surface area contributed by atoms with Gasteiger partial charge in [-0.05, 0) is 60.0 Å². The van der Waals surface area contributed by atoms with Crippen LogP contribution >= 0.6 is 24.2 Å². The smallest absolute Gasteiger partial charge is 0.150 e. The molecule has 0 aliphatic carbocycles. The zero-order chi connectivity index (χ0) is 17.1. The van der Waals surface area contributed by atoms with Gasteiger partial charge in [0.25, 0.3) is 0 Å². The summed E-state index contributed by atoms with van der Waals surface area (Å²) in [4.78, 5) is 16.6. The first-order chi connectivity index (χ1) is 11.6. The SMILES string of the molecule is Cc1c(C=O)cc(-c2cccc(S)c2)cc1Nc1ncccc1Cl. The van der Waals surface area contributed by atoms with Gasteiger partial charge in [-0.15, -0.1) is 12.6 Å². The number of nitrogens with zero attached hydrogens (tertiary/aromatic N) is 1. The number of pyridine rings is 1. The van der Waals surface area contributed by atoms with Gasteiger partial charge in [-0.2, -0.15) is 0 Å². The van der Waals surface area contributed by atoms with Gasteiger partial charge in [0.15, 0.2) is 0 Å². The predicted octanol–water partition coefficient (Wildman–Crippen LogP) is 5.56. The normalized spacial score (nSPS) is 10.5. The first kappa shape index (κ1) is 16.6. The minimum absolute atomic E-state index is 0.521. The topological polar surface area (TPSA) is 42.0 Å². The summed E-state index contributed by atoms with van der Waals surface area (Å²) in [5.74, 6) is 0.555. The molecular weight excluding hydrogens is 340 g/mol. The van der Waals surface area contributed by atoms with E-state index < -0.39 is 0 Å². The molecule has 3 aromatic rings. The molecule has 2 aromatic carbocycles. The van der Waals surface area contributed by atoms with Crippen LogP contribution in [0.4, 0.5) is 11.5 Å². The van der Waals surface area contributed by atoms with Crippen molar-refractivity contribution in [2.24, 2.45) is 0 Å². The molecule has 120 valence electrons. The highest BCUT2D eigenvalue weighted by Crippen LogP contribution is 2.32. The number of carbonyl (C=O) groups excluding carboxylic acids is 1. The number of halogens is 1. The van der Waals surface area contributed by atoms with Gasteiger partial charge >= 0.3 is 0 Å². The van der Waals surface area contributed by atoms with Crippen molar-refractivity contribution in [3.05, 3.63) is 70.9 Å². The molecule has 3 nitrogen and oxygen atoms in total. The molecule has 0 saturated heterocycles. The lowest BCUT2D eigenvalue weighted by Gasteiger charge is -2.14.